The number of fused-ring (bicyclic) bond motifs is 1. The first kappa shape index (κ1) is 21.3. The molecule has 0 spiro atoms. The second kappa shape index (κ2) is 8.66. The Labute approximate surface area is 182 Å². The van der Waals surface area contributed by atoms with Crippen LogP contribution < -0.4 is 10.2 Å². The van der Waals surface area contributed by atoms with Crippen LogP contribution in [0.2, 0.25) is 0 Å². The van der Waals surface area contributed by atoms with Gasteiger partial charge in [-0.15, -0.1) is 6.58 Å². The Kier molecular flexibility index (Phi) is 5.95. The van der Waals surface area contributed by atoms with Gasteiger partial charge in [-0.2, -0.15) is 10.1 Å². The minimum absolute atomic E-state index is 0.241. The highest BCUT2D eigenvalue weighted by Gasteiger charge is 2.34. The molecule has 1 fully saturated rings. The van der Waals surface area contributed by atoms with Crippen LogP contribution in [0.1, 0.15) is 50.1 Å². The summed E-state index contributed by atoms with van der Waals surface area (Å²) < 4.78 is 10.8. The predicted octanol–water partition coefficient (Wildman–Crippen LogP) is 3.01. The number of aromatic amines is 1. The molecule has 0 radical (unpaired) electrons. The van der Waals surface area contributed by atoms with E-state index in [-0.39, 0.29) is 12.0 Å². The lowest BCUT2D eigenvalue weighted by atomic mass is 10.1. The van der Waals surface area contributed by atoms with E-state index in [0.29, 0.717) is 18.4 Å². The molecule has 1 aliphatic heterocycles. The van der Waals surface area contributed by atoms with Crippen LogP contribution in [0.15, 0.2) is 18.7 Å². The van der Waals surface area contributed by atoms with Gasteiger partial charge >= 0.3 is 5.97 Å². The Bertz CT molecular complexity index is 970. The number of nitrogens with one attached hydrogen (secondary N) is 2. The van der Waals surface area contributed by atoms with Crippen molar-refractivity contribution in [2.24, 2.45) is 0 Å². The summed E-state index contributed by atoms with van der Waals surface area (Å²) in [6.07, 6.45) is 6.25. The number of carbonyl (C=O) groups is 1. The summed E-state index contributed by atoms with van der Waals surface area (Å²) in [5.74, 6) is 1.74. The summed E-state index contributed by atoms with van der Waals surface area (Å²) >= 11 is 0. The number of H-pyrrole nitrogens is 1. The van der Waals surface area contributed by atoms with Crippen molar-refractivity contribution in [2.45, 2.75) is 57.6 Å². The lowest BCUT2D eigenvalue weighted by Crippen LogP contribution is -2.38. The molecule has 0 saturated carbocycles. The molecule has 9 nitrogen and oxygen atoms in total. The maximum absolute atomic E-state index is 12.2. The van der Waals surface area contributed by atoms with Crippen molar-refractivity contribution >= 4 is 23.6 Å². The third-order valence-electron chi connectivity index (χ3n) is 5.94. The largest absolute Gasteiger partial charge is 0.467 e. The molecule has 3 heterocycles. The average molecular weight is 427 g/mol. The number of esters is 1. The zero-order chi connectivity index (χ0) is 22.0. The lowest BCUT2D eigenvalue weighted by molar-refractivity contribution is -0.141. The number of hydrogen-bond acceptors (Lipinski definition) is 8. The molecule has 1 aliphatic carbocycles. The van der Waals surface area contributed by atoms with Gasteiger partial charge < -0.3 is 19.7 Å². The number of anilines is 3. The Morgan fingerprint density at radius 3 is 3.00 bits per heavy atom. The third kappa shape index (κ3) is 4.27. The van der Waals surface area contributed by atoms with Gasteiger partial charge in [-0.05, 0) is 46.0 Å². The first-order chi connectivity index (χ1) is 14.9. The zero-order valence-electron chi connectivity index (χ0n) is 18.4. The fraction of sp³-hybridized carbons (Fsp3) is 0.545. The highest BCUT2D eigenvalue weighted by Crippen LogP contribution is 2.33. The van der Waals surface area contributed by atoms with E-state index in [9.17, 15) is 4.79 Å². The maximum atomic E-state index is 12.2. The van der Waals surface area contributed by atoms with E-state index < -0.39 is 5.60 Å². The summed E-state index contributed by atoms with van der Waals surface area (Å²) in [6, 6.07) is 1.59. The number of methoxy groups -OCH3 is 1. The predicted molar refractivity (Wildman–Crippen MR) is 117 cm³/mol. The summed E-state index contributed by atoms with van der Waals surface area (Å²) in [4.78, 5) is 23.8. The smallest absolute Gasteiger partial charge is 0.328 e. The van der Waals surface area contributed by atoms with Crippen LogP contribution in [0.4, 0.5) is 17.6 Å². The molecule has 166 valence electrons. The first-order valence-corrected chi connectivity index (χ1v) is 10.7. The van der Waals surface area contributed by atoms with Gasteiger partial charge in [-0.25, -0.2) is 9.78 Å². The van der Waals surface area contributed by atoms with E-state index in [1.165, 1.54) is 7.11 Å². The average Bonchev–Trinajstić information content (AvgIpc) is 3.51. The van der Waals surface area contributed by atoms with Crippen molar-refractivity contribution in [1.82, 2.24) is 20.2 Å². The third-order valence-corrected chi connectivity index (χ3v) is 5.94. The number of ether oxygens (including phenoxy) is 2. The van der Waals surface area contributed by atoms with Crippen molar-refractivity contribution < 1.29 is 14.3 Å². The van der Waals surface area contributed by atoms with Gasteiger partial charge in [-0.3, -0.25) is 5.10 Å². The van der Waals surface area contributed by atoms with Crippen molar-refractivity contribution in [2.75, 3.05) is 30.5 Å². The molecule has 2 aromatic rings. The molecule has 0 bridgehead atoms. The molecule has 2 aliphatic rings. The van der Waals surface area contributed by atoms with Gasteiger partial charge in [0.2, 0.25) is 5.95 Å². The molecule has 4 rings (SSSR count). The van der Waals surface area contributed by atoms with Crippen molar-refractivity contribution in [3.8, 4) is 0 Å². The molecule has 1 saturated heterocycles. The van der Waals surface area contributed by atoms with Crippen LogP contribution in [-0.4, -0.2) is 52.4 Å². The number of aromatic nitrogens is 4. The number of carbonyl (C=O) groups excluding carboxylic acids is 1. The summed E-state index contributed by atoms with van der Waals surface area (Å²) in [7, 11) is 1.42. The highest BCUT2D eigenvalue weighted by atomic mass is 16.5. The molecule has 1 unspecified atom stereocenters. The summed E-state index contributed by atoms with van der Waals surface area (Å²) in [5, 5.41) is 10.8. The van der Waals surface area contributed by atoms with E-state index in [1.54, 1.807) is 6.08 Å². The molecular formula is C22H30N6O3. The van der Waals surface area contributed by atoms with Crippen LogP contribution in [0.3, 0.4) is 0 Å². The van der Waals surface area contributed by atoms with Crippen LogP contribution in [-0.2, 0) is 32.7 Å². The quantitative estimate of drug-likeness (QED) is 0.490. The standard InChI is InChI=1S/C22H30N6O3/c1-5-12-31-22(2,3)17-13-18(27-26-17)24-19-14-8-6-9-15(14)23-21(25-19)28-11-7-10-16(28)20(29)30-4/h5,13,16H,1,6-12H2,2-4H3,(H2,23,24,25,26,27). The highest BCUT2D eigenvalue weighted by molar-refractivity contribution is 5.80. The van der Waals surface area contributed by atoms with E-state index in [1.807, 2.05) is 24.8 Å². The molecule has 0 amide bonds. The van der Waals surface area contributed by atoms with Gasteiger partial charge in [0, 0.05) is 18.2 Å². The van der Waals surface area contributed by atoms with Crippen molar-refractivity contribution in [3.05, 3.63) is 35.7 Å². The molecular weight excluding hydrogens is 396 g/mol. The minimum atomic E-state index is -0.525. The van der Waals surface area contributed by atoms with E-state index >= 15 is 0 Å². The molecule has 2 N–H and O–H groups in total. The summed E-state index contributed by atoms with van der Waals surface area (Å²) in [6.45, 7) is 8.85. The van der Waals surface area contributed by atoms with Gasteiger partial charge in [0.05, 0.1) is 25.1 Å². The molecule has 1 atom stereocenters. The van der Waals surface area contributed by atoms with Crippen LogP contribution in [0.5, 0.6) is 0 Å². The van der Waals surface area contributed by atoms with Gasteiger partial charge in [-0.1, -0.05) is 6.08 Å². The lowest BCUT2D eigenvalue weighted by Gasteiger charge is -2.24. The van der Waals surface area contributed by atoms with Crippen LogP contribution in [0.25, 0.3) is 0 Å². The summed E-state index contributed by atoms with van der Waals surface area (Å²) in [5.41, 5.74) is 2.48. The van der Waals surface area contributed by atoms with Gasteiger partial charge in [0.25, 0.3) is 0 Å². The van der Waals surface area contributed by atoms with E-state index in [0.717, 1.165) is 61.4 Å². The molecule has 9 heteroatoms. The fourth-order valence-electron chi connectivity index (χ4n) is 4.20. The van der Waals surface area contributed by atoms with E-state index in [2.05, 4.69) is 22.1 Å². The van der Waals surface area contributed by atoms with Crippen molar-refractivity contribution in [1.29, 1.82) is 0 Å². The monoisotopic (exact) mass is 426 g/mol. The molecule has 31 heavy (non-hydrogen) atoms. The number of aryl methyl sites for hydroxylation is 1. The fourth-order valence-corrected chi connectivity index (χ4v) is 4.20. The first-order valence-electron chi connectivity index (χ1n) is 10.7. The van der Waals surface area contributed by atoms with E-state index in [4.69, 9.17) is 19.4 Å². The normalized spacial score (nSPS) is 18.2. The Morgan fingerprint density at radius 2 is 2.23 bits per heavy atom. The SMILES string of the molecule is C=CCOC(C)(C)c1cc(Nc2nc(N3CCCC3C(=O)OC)nc3c2CCC3)n[nH]1. The van der Waals surface area contributed by atoms with Crippen molar-refractivity contribution in [3.63, 3.8) is 0 Å². The van der Waals surface area contributed by atoms with Crippen LogP contribution >= 0.6 is 0 Å². The Morgan fingerprint density at radius 1 is 1.39 bits per heavy atom. The topological polar surface area (TPSA) is 105 Å². The minimum Gasteiger partial charge on any atom is -0.467 e. The van der Waals surface area contributed by atoms with Gasteiger partial charge in [0.1, 0.15) is 17.5 Å². The Balaban J connectivity index is 1.61. The second-order valence-corrected chi connectivity index (χ2v) is 8.43. The Hall–Kier alpha value is -2.94. The second-order valence-electron chi connectivity index (χ2n) is 8.43. The van der Waals surface area contributed by atoms with Gasteiger partial charge in [0.15, 0.2) is 5.82 Å². The number of nitrogens with zero attached hydrogens (tertiary/aromatic N) is 4. The zero-order valence-corrected chi connectivity index (χ0v) is 18.4. The maximum Gasteiger partial charge on any atom is 0.328 e. The molecule has 2 aromatic heterocycles. The number of hydrogen-bond donors (Lipinski definition) is 2. The van der Waals surface area contributed by atoms with Crippen LogP contribution in [0, 0.1) is 0 Å². The number of rotatable bonds is 8. The molecule has 0 aromatic carbocycles.